The molecule has 0 aromatic carbocycles. The predicted octanol–water partition coefficient (Wildman–Crippen LogP) is -0.451. The Bertz CT molecular complexity index is 54.6. The van der Waals surface area contributed by atoms with Gasteiger partial charge in [-0.3, -0.25) is 0 Å². The van der Waals surface area contributed by atoms with Crippen molar-refractivity contribution in [2.45, 2.75) is 0 Å². The van der Waals surface area contributed by atoms with Crippen molar-refractivity contribution in [1.29, 1.82) is 0 Å². The van der Waals surface area contributed by atoms with Crippen LogP contribution >= 0.6 is 0 Å². The third kappa shape index (κ3) is 333. The van der Waals surface area contributed by atoms with Gasteiger partial charge in [0.15, 0.2) is 0 Å². The Morgan fingerprint density at radius 2 is 0.727 bits per heavy atom. The molecule has 0 aliphatic rings. The van der Waals surface area contributed by atoms with Crippen LogP contribution in [-0.2, 0) is 31.2 Å². The van der Waals surface area contributed by atoms with Crippen LogP contribution < -0.4 is 0 Å². The van der Waals surface area contributed by atoms with Gasteiger partial charge in [0.25, 0.3) is 0 Å². The smallest absolute Gasteiger partial charge is 0 e. The summed E-state index contributed by atoms with van der Waals surface area (Å²) < 4.78 is 0. The molecule has 0 bridgehead atoms. The van der Waals surface area contributed by atoms with Gasteiger partial charge in [-0.25, -0.2) is 0 Å². The van der Waals surface area contributed by atoms with Gasteiger partial charge in [-0.05, 0) is 0 Å². The van der Waals surface area contributed by atoms with Gasteiger partial charge in [0, 0.05) is 16.8 Å². The maximum absolute atomic E-state index is 8.24. The monoisotopic (exact) mass is 210 g/mol. The zero-order valence-electron chi connectivity index (χ0n) is 4.98. The minimum Gasteiger partial charge on any atom is -0.693 e. The maximum Gasteiger partial charge on any atom is 0 e. The van der Waals surface area contributed by atoms with E-state index in [-0.39, 0.29) is 22.9 Å². The zero-order valence-corrected chi connectivity index (χ0v) is 6.02. The third-order valence-corrected chi connectivity index (χ3v) is 0. The Kier molecular flexibility index (Phi) is 465. The molecular formula is C3H5CoNO6-4. The number of hydrogen-bond donors (Lipinski definition) is 3. The van der Waals surface area contributed by atoms with Crippen LogP contribution in [0.1, 0.15) is 0 Å². The van der Waals surface area contributed by atoms with E-state index in [4.69, 9.17) is 29.7 Å². The van der Waals surface area contributed by atoms with Crippen molar-refractivity contribution in [2.24, 2.45) is 0 Å². The molecule has 0 aromatic heterocycles. The fourth-order valence-electron chi connectivity index (χ4n) is 0. The fourth-order valence-corrected chi connectivity index (χ4v) is 0. The average molecular weight is 210 g/mol. The molecule has 0 aliphatic heterocycles. The molecule has 71 valence electrons. The van der Waals surface area contributed by atoms with Crippen molar-refractivity contribution >= 4 is 19.4 Å². The van der Waals surface area contributed by atoms with E-state index >= 15 is 0 Å². The van der Waals surface area contributed by atoms with E-state index < -0.39 is 0 Å². The van der Waals surface area contributed by atoms with Crippen LogP contribution in [0.3, 0.4) is 0 Å². The molecule has 0 aromatic rings. The van der Waals surface area contributed by atoms with Crippen LogP contribution in [0, 0.1) is 0 Å². The predicted molar refractivity (Wildman–Crippen MR) is 30.3 cm³/mol. The topological polar surface area (TPSA) is 145 Å². The van der Waals surface area contributed by atoms with E-state index in [1.54, 1.807) is 0 Å². The van der Waals surface area contributed by atoms with Gasteiger partial charge in [-0.15, -0.1) is 0 Å². The molecular weight excluding hydrogens is 205 g/mol. The van der Waals surface area contributed by atoms with Crippen LogP contribution in [0.25, 0.3) is 6.15 Å². The van der Waals surface area contributed by atoms with Crippen LogP contribution in [0.5, 0.6) is 0 Å². The van der Waals surface area contributed by atoms with E-state index in [1.807, 2.05) is 0 Å². The molecule has 7 nitrogen and oxygen atoms in total. The Morgan fingerprint density at radius 1 is 0.727 bits per heavy atom. The Hall–Kier alpha value is -1.12. The van der Waals surface area contributed by atoms with E-state index in [9.17, 15) is 0 Å². The SMILES string of the molecule is O=[C-]O.O=[C-]O.O=[C-]O.[Co].[NH2-]. The Balaban J connectivity index is -0.0000000150. The summed E-state index contributed by atoms with van der Waals surface area (Å²) in [4.78, 5) is 24.7. The number of rotatable bonds is 0. The molecule has 8 heteroatoms. The molecule has 0 saturated carbocycles. The van der Waals surface area contributed by atoms with Crippen molar-refractivity contribution in [3.63, 3.8) is 0 Å². The average Bonchev–Trinajstić information content (AvgIpc) is 1.70. The number of nitrogens with two attached hydrogens (primary N) is 1. The fraction of sp³-hybridized carbons (Fsp3) is 0. The summed E-state index contributed by atoms with van der Waals surface area (Å²) in [5, 5.41) is 20.3. The summed E-state index contributed by atoms with van der Waals surface area (Å²) >= 11 is 0. The first-order valence-electron chi connectivity index (χ1n) is 1.28. The second-order valence-electron chi connectivity index (χ2n) is 0.274. The second kappa shape index (κ2) is 156. The van der Waals surface area contributed by atoms with Crippen LogP contribution in [-0.4, -0.2) is 34.7 Å². The van der Waals surface area contributed by atoms with Gasteiger partial charge < -0.3 is 35.9 Å². The van der Waals surface area contributed by atoms with Crippen molar-refractivity contribution in [3.05, 3.63) is 6.15 Å². The molecule has 0 atom stereocenters. The van der Waals surface area contributed by atoms with Gasteiger partial charge in [-0.2, -0.15) is 0 Å². The third-order valence-electron chi connectivity index (χ3n) is 0. The summed E-state index contributed by atoms with van der Waals surface area (Å²) in [6, 6.07) is 0. The van der Waals surface area contributed by atoms with Crippen LogP contribution in [0.15, 0.2) is 0 Å². The standard InChI is InChI=1S/3CHO2.Co.H2N/c3*2-1-3;;/h3*(H,2,3);;1H2/q3*-1;;-1. The molecule has 0 rings (SSSR count). The first kappa shape index (κ1) is 32.7. The summed E-state index contributed by atoms with van der Waals surface area (Å²) in [6.45, 7) is 1.50. The minimum atomic E-state index is 0. The van der Waals surface area contributed by atoms with Gasteiger partial charge in [0.1, 0.15) is 0 Å². The van der Waals surface area contributed by atoms with E-state index in [0.717, 1.165) is 0 Å². The number of aliphatic hydroxyl groups excluding tert-OH is 3. The molecule has 0 unspecified atom stereocenters. The number of hydrogen-bond acceptors (Lipinski definition) is 3. The second-order valence-corrected chi connectivity index (χ2v) is 0.274. The molecule has 1 radical (unpaired) electrons. The molecule has 0 aliphatic carbocycles. The first-order chi connectivity index (χ1) is 4.24. The summed E-state index contributed by atoms with van der Waals surface area (Å²) in [6.07, 6.45) is 0. The van der Waals surface area contributed by atoms with E-state index in [1.165, 1.54) is 0 Å². The molecule has 0 heterocycles. The molecule has 5 N–H and O–H groups in total. The van der Waals surface area contributed by atoms with Crippen molar-refractivity contribution in [1.82, 2.24) is 0 Å². The van der Waals surface area contributed by atoms with Crippen LogP contribution in [0.4, 0.5) is 0 Å². The molecule has 0 spiro atoms. The van der Waals surface area contributed by atoms with E-state index in [0.29, 0.717) is 19.4 Å². The van der Waals surface area contributed by atoms with Crippen molar-refractivity contribution in [2.75, 3.05) is 0 Å². The molecule has 0 amide bonds. The van der Waals surface area contributed by atoms with Crippen molar-refractivity contribution < 1.29 is 46.5 Å². The minimum absolute atomic E-state index is 0. The molecule has 0 saturated heterocycles. The van der Waals surface area contributed by atoms with Gasteiger partial charge in [-0.1, -0.05) is 19.4 Å². The quantitative estimate of drug-likeness (QED) is 0.461. The summed E-state index contributed by atoms with van der Waals surface area (Å²) in [7, 11) is 0. The van der Waals surface area contributed by atoms with Gasteiger partial charge >= 0.3 is 0 Å². The first-order valence-corrected chi connectivity index (χ1v) is 1.28. The van der Waals surface area contributed by atoms with Gasteiger partial charge in [0.05, 0.1) is 0 Å². The summed E-state index contributed by atoms with van der Waals surface area (Å²) in [5.41, 5.74) is 0. The molecule has 11 heavy (non-hydrogen) atoms. The van der Waals surface area contributed by atoms with Crippen LogP contribution in [0.2, 0.25) is 0 Å². The van der Waals surface area contributed by atoms with Gasteiger partial charge in [0.2, 0.25) is 0 Å². The maximum atomic E-state index is 8.24. The normalized spacial score (nSPS) is 3.27. The summed E-state index contributed by atoms with van der Waals surface area (Å²) in [5.74, 6) is 0. The van der Waals surface area contributed by atoms with Crippen molar-refractivity contribution in [3.8, 4) is 0 Å². The Labute approximate surface area is 72.8 Å². The zero-order chi connectivity index (χ0) is 8.12. The molecule has 0 fully saturated rings. The Morgan fingerprint density at radius 3 is 0.727 bits per heavy atom. The largest absolute Gasteiger partial charge is 0.693 e. The van der Waals surface area contributed by atoms with E-state index in [2.05, 4.69) is 0 Å².